The lowest BCUT2D eigenvalue weighted by Crippen LogP contribution is -2.45. The summed E-state index contributed by atoms with van der Waals surface area (Å²) in [4.78, 5) is 42.2. The fourth-order valence-corrected chi connectivity index (χ4v) is 5.20. The number of hydrogen-bond acceptors (Lipinski definition) is 5. The zero-order valence-corrected chi connectivity index (χ0v) is 17.3. The van der Waals surface area contributed by atoms with E-state index in [0.717, 1.165) is 11.4 Å². The van der Waals surface area contributed by atoms with Crippen LogP contribution in [0.3, 0.4) is 0 Å². The van der Waals surface area contributed by atoms with Crippen molar-refractivity contribution in [2.45, 2.75) is 59.3 Å². The van der Waals surface area contributed by atoms with E-state index >= 15 is 0 Å². The van der Waals surface area contributed by atoms with Crippen molar-refractivity contribution in [1.82, 2.24) is 0 Å². The maximum absolute atomic E-state index is 13.2. The van der Waals surface area contributed by atoms with Gasteiger partial charge in [-0.15, -0.1) is 0 Å². The number of fused-ring (bicyclic) bond motifs is 1. The van der Waals surface area contributed by atoms with Gasteiger partial charge in [-0.2, -0.15) is 0 Å². The third kappa shape index (κ3) is 3.45. The second-order valence-electron chi connectivity index (χ2n) is 10.2. The number of non-ortho nitro benzene ring substituents is 1. The van der Waals surface area contributed by atoms with Crippen molar-refractivity contribution in [1.29, 1.82) is 0 Å². The quantitative estimate of drug-likeness (QED) is 0.533. The van der Waals surface area contributed by atoms with E-state index < -0.39 is 16.8 Å². The molecule has 0 amide bonds. The van der Waals surface area contributed by atoms with Crippen LogP contribution in [0, 0.1) is 26.9 Å². The molecule has 1 saturated carbocycles. The van der Waals surface area contributed by atoms with Crippen LogP contribution in [-0.4, -0.2) is 22.2 Å². The minimum atomic E-state index is -0.506. The smallest absolute Gasteiger partial charge is 0.269 e. The Bertz CT molecular complexity index is 1000. The molecule has 2 atom stereocenters. The van der Waals surface area contributed by atoms with E-state index in [4.69, 9.17) is 4.99 Å². The molecule has 6 heteroatoms. The van der Waals surface area contributed by atoms with Gasteiger partial charge < -0.3 is 0 Å². The van der Waals surface area contributed by atoms with Gasteiger partial charge in [0.2, 0.25) is 0 Å². The first-order chi connectivity index (χ1) is 13.5. The number of carbonyl (C=O) groups excluding carboxylic acids is 2. The number of nitrogens with zero attached hydrogens (tertiary/aromatic N) is 2. The molecule has 4 rings (SSSR count). The Morgan fingerprint density at radius 3 is 2.38 bits per heavy atom. The average Bonchev–Trinajstić information content (AvgIpc) is 2.57. The summed E-state index contributed by atoms with van der Waals surface area (Å²) in [5, 5.41) is 11.3. The van der Waals surface area contributed by atoms with Crippen molar-refractivity contribution in [3.63, 3.8) is 0 Å². The molecule has 0 saturated heterocycles. The van der Waals surface area contributed by atoms with E-state index in [0.29, 0.717) is 36.8 Å². The number of carbonyl (C=O) groups is 2. The predicted molar refractivity (Wildman–Crippen MR) is 110 cm³/mol. The first-order valence-corrected chi connectivity index (χ1v) is 10.1. The normalized spacial score (nSPS) is 27.8. The largest absolute Gasteiger partial charge is 0.299 e. The summed E-state index contributed by atoms with van der Waals surface area (Å²) in [6, 6.07) is 6.38. The molecule has 29 heavy (non-hydrogen) atoms. The summed E-state index contributed by atoms with van der Waals surface area (Å²) < 4.78 is 0. The van der Waals surface area contributed by atoms with E-state index in [-0.39, 0.29) is 28.1 Å². The van der Waals surface area contributed by atoms with Gasteiger partial charge in [0.25, 0.3) is 5.69 Å². The molecule has 0 bridgehead atoms. The van der Waals surface area contributed by atoms with Gasteiger partial charge in [0.05, 0.1) is 10.8 Å². The van der Waals surface area contributed by atoms with Crippen LogP contribution in [0.25, 0.3) is 0 Å². The van der Waals surface area contributed by atoms with E-state index in [1.54, 1.807) is 12.1 Å². The Labute approximate surface area is 170 Å². The second-order valence-corrected chi connectivity index (χ2v) is 10.2. The van der Waals surface area contributed by atoms with Crippen LogP contribution in [0.1, 0.15) is 64.9 Å². The number of nitro groups is 1. The van der Waals surface area contributed by atoms with Crippen LogP contribution < -0.4 is 0 Å². The van der Waals surface area contributed by atoms with Crippen LogP contribution in [0.15, 0.2) is 40.5 Å². The molecular weight excluding hydrogens is 368 g/mol. The lowest BCUT2D eigenvalue weighted by molar-refractivity contribution is -0.384. The summed E-state index contributed by atoms with van der Waals surface area (Å²) in [5.74, 6) is -0.910. The van der Waals surface area contributed by atoms with Crippen molar-refractivity contribution in [3.8, 4) is 0 Å². The molecule has 0 spiro atoms. The molecule has 0 N–H and O–H groups in total. The van der Waals surface area contributed by atoms with Gasteiger partial charge in [-0.1, -0.05) is 39.8 Å². The zero-order valence-electron chi connectivity index (χ0n) is 17.3. The third-order valence-electron chi connectivity index (χ3n) is 6.28. The molecule has 3 aliphatic rings. The summed E-state index contributed by atoms with van der Waals surface area (Å²) in [6.07, 6.45) is 2.18. The van der Waals surface area contributed by atoms with Gasteiger partial charge in [0.15, 0.2) is 5.78 Å². The van der Waals surface area contributed by atoms with Gasteiger partial charge in [-0.05, 0) is 29.2 Å². The molecule has 0 aromatic heterocycles. The number of rotatable bonds is 2. The fourth-order valence-electron chi connectivity index (χ4n) is 5.20. The standard InChI is InChI=1S/C23H26N2O4/c1-22(2)9-15-20(17(26)11-22)19(13-6-5-7-14(8-13)25(28)29)21-16(24-15)10-23(3,4)12-18(21)27/h5-8,19-20H,9-12H2,1-4H3. The molecular formula is C23H26N2O4. The summed E-state index contributed by atoms with van der Waals surface area (Å²) >= 11 is 0. The Hall–Kier alpha value is -2.63. The van der Waals surface area contributed by atoms with E-state index in [9.17, 15) is 19.7 Å². The van der Waals surface area contributed by atoms with Crippen LogP contribution >= 0.6 is 0 Å². The maximum Gasteiger partial charge on any atom is 0.269 e. The van der Waals surface area contributed by atoms with Crippen LogP contribution in [0.5, 0.6) is 0 Å². The number of Topliss-reactive ketones (excluding diaryl/α,β-unsaturated/α-hetero) is 2. The number of benzene rings is 1. The Morgan fingerprint density at radius 2 is 1.69 bits per heavy atom. The lowest BCUT2D eigenvalue weighted by atomic mass is 9.60. The minimum Gasteiger partial charge on any atom is -0.299 e. The molecule has 1 aliphatic heterocycles. The molecule has 2 aliphatic carbocycles. The van der Waals surface area contributed by atoms with Gasteiger partial charge in [-0.25, -0.2) is 0 Å². The number of allylic oxidation sites excluding steroid dienone is 2. The highest BCUT2D eigenvalue weighted by Crippen LogP contribution is 2.51. The van der Waals surface area contributed by atoms with Gasteiger partial charge >= 0.3 is 0 Å². The van der Waals surface area contributed by atoms with Crippen LogP contribution in [0.4, 0.5) is 5.69 Å². The van der Waals surface area contributed by atoms with Crippen LogP contribution in [0.2, 0.25) is 0 Å². The van der Waals surface area contributed by atoms with Crippen molar-refractivity contribution < 1.29 is 14.5 Å². The molecule has 2 unspecified atom stereocenters. The SMILES string of the molecule is CC1(C)CC(=O)C2C(=NC3=C(C(=O)CC(C)(C)C3)C2c2cccc([N+](=O)[O-])c2)C1. The molecule has 1 fully saturated rings. The highest BCUT2D eigenvalue weighted by atomic mass is 16.6. The number of aliphatic imine (C=N–C) groups is 1. The van der Waals surface area contributed by atoms with Crippen molar-refractivity contribution in [3.05, 3.63) is 51.2 Å². The average molecular weight is 394 g/mol. The Balaban J connectivity index is 1.92. The zero-order chi connectivity index (χ0) is 21.1. The van der Waals surface area contributed by atoms with Crippen LogP contribution in [-0.2, 0) is 9.59 Å². The van der Waals surface area contributed by atoms with Crippen molar-refractivity contribution in [2.75, 3.05) is 0 Å². The van der Waals surface area contributed by atoms with E-state index in [1.807, 2.05) is 0 Å². The highest BCUT2D eigenvalue weighted by molar-refractivity contribution is 6.13. The summed E-state index contributed by atoms with van der Waals surface area (Å²) in [5.41, 5.74) is 2.45. The summed E-state index contributed by atoms with van der Waals surface area (Å²) in [7, 11) is 0. The minimum absolute atomic E-state index is 0.00758. The number of ketones is 2. The first-order valence-electron chi connectivity index (χ1n) is 10.1. The molecule has 1 aromatic rings. The number of hydrogen-bond donors (Lipinski definition) is 0. The van der Waals surface area contributed by atoms with Gasteiger partial charge in [-0.3, -0.25) is 24.7 Å². The fraction of sp³-hybridized carbons (Fsp3) is 0.522. The third-order valence-corrected chi connectivity index (χ3v) is 6.28. The molecule has 1 heterocycles. The molecule has 1 aromatic carbocycles. The summed E-state index contributed by atoms with van der Waals surface area (Å²) in [6.45, 7) is 8.23. The van der Waals surface area contributed by atoms with Crippen molar-refractivity contribution in [2.24, 2.45) is 21.7 Å². The maximum atomic E-state index is 13.2. The van der Waals surface area contributed by atoms with Gasteiger partial charge in [0.1, 0.15) is 5.78 Å². The number of nitro benzene ring substituents is 1. The molecule has 6 nitrogen and oxygen atoms in total. The van der Waals surface area contributed by atoms with E-state index in [1.165, 1.54) is 12.1 Å². The monoisotopic (exact) mass is 394 g/mol. The first kappa shape index (κ1) is 19.7. The molecule has 152 valence electrons. The topological polar surface area (TPSA) is 89.6 Å². The predicted octanol–water partition coefficient (Wildman–Crippen LogP) is 4.78. The van der Waals surface area contributed by atoms with E-state index in [2.05, 4.69) is 27.7 Å². The Morgan fingerprint density at radius 1 is 1.00 bits per heavy atom. The molecule has 0 radical (unpaired) electrons. The Kier molecular flexibility index (Phi) is 4.37. The van der Waals surface area contributed by atoms with Gasteiger partial charge in [0, 0.05) is 47.9 Å². The van der Waals surface area contributed by atoms with Crippen molar-refractivity contribution >= 4 is 23.0 Å². The highest BCUT2D eigenvalue weighted by Gasteiger charge is 2.49. The lowest BCUT2D eigenvalue weighted by Gasteiger charge is -2.44. The second kappa shape index (κ2) is 6.44.